The second kappa shape index (κ2) is 8.73. The van der Waals surface area contributed by atoms with Crippen LogP contribution in [0.15, 0.2) is 30.3 Å². The zero-order chi connectivity index (χ0) is 15.7. The Morgan fingerprint density at radius 3 is 2.43 bits per heavy atom. The van der Waals surface area contributed by atoms with Gasteiger partial charge in [0, 0.05) is 6.42 Å². The van der Waals surface area contributed by atoms with Crippen LogP contribution in [0.25, 0.3) is 0 Å². The first-order chi connectivity index (χ1) is 9.99. The number of carbonyl (C=O) groups is 3. The number of hydrogen-bond donors (Lipinski definition) is 1. The number of ketones is 1. The molecule has 0 saturated heterocycles. The number of esters is 1. The number of carbonyl (C=O) groups excluding carboxylic acids is 3. The van der Waals surface area contributed by atoms with Crippen molar-refractivity contribution < 1.29 is 23.9 Å². The van der Waals surface area contributed by atoms with Gasteiger partial charge in [-0.25, -0.2) is 9.59 Å². The molecule has 0 saturated carbocycles. The van der Waals surface area contributed by atoms with Crippen LogP contribution in [-0.2, 0) is 25.7 Å². The predicted molar refractivity (Wildman–Crippen MR) is 75.5 cm³/mol. The van der Waals surface area contributed by atoms with Crippen LogP contribution in [0, 0.1) is 0 Å². The van der Waals surface area contributed by atoms with Crippen LogP contribution in [0.5, 0.6) is 0 Å². The van der Waals surface area contributed by atoms with Gasteiger partial charge in [0.1, 0.15) is 18.4 Å². The van der Waals surface area contributed by atoms with E-state index in [4.69, 9.17) is 9.47 Å². The molecule has 0 aliphatic heterocycles. The summed E-state index contributed by atoms with van der Waals surface area (Å²) in [6, 6.07) is 8.36. The van der Waals surface area contributed by atoms with E-state index in [0.717, 1.165) is 5.56 Å². The van der Waals surface area contributed by atoms with Crippen molar-refractivity contribution in [2.45, 2.75) is 32.9 Å². The Morgan fingerprint density at radius 1 is 1.14 bits per heavy atom. The molecule has 6 heteroatoms. The molecule has 21 heavy (non-hydrogen) atoms. The fourth-order valence-corrected chi connectivity index (χ4v) is 1.42. The average Bonchev–Trinajstić information content (AvgIpc) is 2.45. The Balaban J connectivity index is 2.26. The third-order valence-corrected chi connectivity index (χ3v) is 2.60. The highest BCUT2D eigenvalue weighted by atomic mass is 16.6. The Kier molecular flexibility index (Phi) is 6.94. The summed E-state index contributed by atoms with van der Waals surface area (Å²) >= 11 is 0. The zero-order valence-corrected chi connectivity index (χ0v) is 12.1. The largest absolute Gasteiger partial charge is 0.464 e. The van der Waals surface area contributed by atoms with Gasteiger partial charge in [0.05, 0.1) is 6.61 Å². The maximum absolute atomic E-state index is 11.5. The fourth-order valence-electron chi connectivity index (χ4n) is 1.42. The number of alkyl carbamates (subject to hydrolysis) is 1. The average molecular weight is 293 g/mol. The van der Waals surface area contributed by atoms with Crippen molar-refractivity contribution in [3.05, 3.63) is 35.9 Å². The summed E-state index contributed by atoms with van der Waals surface area (Å²) in [4.78, 5) is 33.8. The third kappa shape index (κ3) is 7.10. The molecule has 6 nitrogen and oxygen atoms in total. The molecule has 0 aliphatic rings. The minimum atomic E-state index is -0.833. The Hall–Kier alpha value is -2.37. The SMILES string of the molecule is CC(=O)CCOC(=O)[C@H](C)NC(=O)OCc1ccccc1. The number of amides is 1. The number of Topliss-reactive ketones (excluding diaryl/α,β-unsaturated/α-hetero) is 1. The molecule has 0 unspecified atom stereocenters. The van der Waals surface area contributed by atoms with Crippen molar-refractivity contribution in [1.82, 2.24) is 5.32 Å². The van der Waals surface area contributed by atoms with E-state index >= 15 is 0 Å². The van der Waals surface area contributed by atoms with Gasteiger partial charge in [-0.1, -0.05) is 30.3 Å². The fraction of sp³-hybridized carbons (Fsp3) is 0.400. The highest BCUT2D eigenvalue weighted by Crippen LogP contribution is 2.01. The normalized spacial score (nSPS) is 11.3. The Bertz CT molecular complexity index is 486. The van der Waals surface area contributed by atoms with Crippen molar-refractivity contribution in [3.8, 4) is 0 Å². The monoisotopic (exact) mass is 293 g/mol. The molecule has 0 radical (unpaired) electrons. The van der Waals surface area contributed by atoms with Gasteiger partial charge >= 0.3 is 12.1 Å². The molecular weight excluding hydrogens is 274 g/mol. The van der Waals surface area contributed by atoms with Gasteiger partial charge in [0.2, 0.25) is 0 Å². The van der Waals surface area contributed by atoms with E-state index in [1.165, 1.54) is 13.8 Å². The molecule has 1 atom stereocenters. The lowest BCUT2D eigenvalue weighted by Crippen LogP contribution is -2.40. The topological polar surface area (TPSA) is 81.7 Å². The van der Waals surface area contributed by atoms with Crippen molar-refractivity contribution in [2.75, 3.05) is 6.61 Å². The number of nitrogens with one attached hydrogen (secondary N) is 1. The van der Waals surface area contributed by atoms with Crippen LogP contribution in [-0.4, -0.2) is 30.5 Å². The summed E-state index contributed by atoms with van der Waals surface area (Å²) in [5.74, 6) is -0.668. The second-order valence-electron chi connectivity index (χ2n) is 4.55. The summed E-state index contributed by atoms with van der Waals surface area (Å²) in [7, 11) is 0. The van der Waals surface area contributed by atoms with Gasteiger partial charge in [0.25, 0.3) is 0 Å². The van der Waals surface area contributed by atoms with Gasteiger partial charge in [-0.15, -0.1) is 0 Å². The van der Waals surface area contributed by atoms with Gasteiger partial charge in [-0.2, -0.15) is 0 Å². The maximum atomic E-state index is 11.5. The number of rotatable bonds is 7. The van der Waals surface area contributed by atoms with Crippen LogP contribution < -0.4 is 5.32 Å². The molecule has 0 aliphatic carbocycles. The van der Waals surface area contributed by atoms with Crippen LogP contribution in [0.2, 0.25) is 0 Å². The van der Waals surface area contributed by atoms with Crippen LogP contribution in [0.4, 0.5) is 4.79 Å². The predicted octanol–water partition coefficient (Wildman–Crippen LogP) is 1.82. The molecule has 1 aromatic rings. The summed E-state index contributed by atoms with van der Waals surface area (Å²) in [5, 5.41) is 2.37. The zero-order valence-electron chi connectivity index (χ0n) is 12.1. The molecule has 0 aromatic heterocycles. The van der Waals surface area contributed by atoms with E-state index in [-0.39, 0.29) is 25.4 Å². The smallest absolute Gasteiger partial charge is 0.408 e. The minimum absolute atomic E-state index is 0.0131. The maximum Gasteiger partial charge on any atom is 0.408 e. The van der Waals surface area contributed by atoms with E-state index in [2.05, 4.69) is 5.32 Å². The highest BCUT2D eigenvalue weighted by molar-refractivity contribution is 5.81. The lowest BCUT2D eigenvalue weighted by atomic mass is 10.2. The molecular formula is C15H19NO5. The van der Waals surface area contributed by atoms with Crippen molar-refractivity contribution in [1.29, 1.82) is 0 Å². The third-order valence-electron chi connectivity index (χ3n) is 2.60. The molecule has 0 fully saturated rings. The molecule has 0 spiro atoms. The first kappa shape index (κ1) is 16.7. The molecule has 114 valence electrons. The first-order valence-electron chi connectivity index (χ1n) is 6.62. The van der Waals surface area contributed by atoms with Crippen LogP contribution in [0.3, 0.4) is 0 Å². The minimum Gasteiger partial charge on any atom is -0.464 e. The van der Waals surface area contributed by atoms with Gasteiger partial charge < -0.3 is 14.8 Å². The molecule has 1 amide bonds. The first-order valence-corrected chi connectivity index (χ1v) is 6.62. The molecule has 1 rings (SSSR count). The molecule has 1 aromatic carbocycles. The quantitative estimate of drug-likeness (QED) is 0.775. The number of ether oxygens (including phenoxy) is 2. The summed E-state index contributed by atoms with van der Waals surface area (Å²) in [6.45, 7) is 3.04. The van der Waals surface area contributed by atoms with Crippen molar-refractivity contribution in [2.24, 2.45) is 0 Å². The van der Waals surface area contributed by atoms with E-state index in [1.54, 1.807) is 0 Å². The molecule has 0 heterocycles. The number of hydrogen-bond acceptors (Lipinski definition) is 5. The summed E-state index contributed by atoms with van der Waals surface area (Å²) in [6.07, 6.45) is -0.536. The van der Waals surface area contributed by atoms with Gasteiger partial charge in [0.15, 0.2) is 0 Å². The Labute approximate surface area is 123 Å². The Morgan fingerprint density at radius 2 is 1.81 bits per heavy atom. The standard InChI is InChI=1S/C15H19NO5/c1-11(17)8-9-20-14(18)12(2)16-15(19)21-10-13-6-4-3-5-7-13/h3-7,12H,8-10H2,1-2H3,(H,16,19)/t12-/m0/s1. The van der Waals surface area contributed by atoms with E-state index < -0.39 is 18.1 Å². The summed E-state index contributed by atoms with van der Waals surface area (Å²) in [5.41, 5.74) is 0.851. The lowest BCUT2D eigenvalue weighted by molar-refractivity contribution is -0.146. The highest BCUT2D eigenvalue weighted by Gasteiger charge is 2.17. The van der Waals surface area contributed by atoms with E-state index in [9.17, 15) is 14.4 Å². The van der Waals surface area contributed by atoms with Crippen molar-refractivity contribution >= 4 is 17.8 Å². The number of benzene rings is 1. The van der Waals surface area contributed by atoms with Gasteiger partial charge in [-0.05, 0) is 19.4 Å². The van der Waals surface area contributed by atoms with E-state index in [0.29, 0.717) is 0 Å². The molecule has 1 N–H and O–H groups in total. The van der Waals surface area contributed by atoms with Gasteiger partial charge in [-0.3, -0.25) is 4.79 Å². The molecule has 0 bridgehead atoms. The lowest BCUT2D eigenvalue weighted by Gasteiger charge is -2.13. The van der Waals surface area contributed by atoms with Crippen LogP contribution in [0.1, 0.15) is 25.8 Å². The summed E-state index contributed by atoms with van der Waals surface area (Å²) < 4.78 is 9.83. The van der Waals surface area contributed by atoms with Crippen molar-refractivity contribution in [3.63, 3.8) is 0 Å². The second-order valence-corrected chi connectivity index (χ2v) is 4.55. The van der Waals surface area contributed by atoms with E-state index in [1.807, 2.05) is 30.3 Å². The van der Waals surface area contributed by atoms with Crippen LogP contribution >= 0.6 is 0 Å².